The molecule has 3 aliphatic heterocycles. The number of hydrogen-bond donors (Lipinski definition) is 4. The Kier molecular flexibility index (Phi) is 11.6. The highest BCUT2D eigenvalue weighted by molar-refractivity contribution is 6.78. The molecule has 2 aromatic carbocycles. The van der Waals surface area contributed by atoms with E-state index >= 15 is 0 Å². The maximum absolute atomic E-state index is 14.9. The Labute approximate surface area is 366 Å². The predicted molar refractivity (Wildman–Crippen MR) is 237 cm³/mol. The highest BCUT2D eigenvalue weighted by atomic mass is 28.3. The molecule has 2 fully saturated rings. The van der Waals surface area contributed by atoms with Gasteiger partial charge in [-0.3, -0.25) is 9.59 Å². The van der Waals surface area contributed by atoms with Gasteiger partial charge < -0.3 is 49.2 Å². The van der Waals surface area contributed by atoms with E-state index in [0.717, 1.165) is 56.5 Å². The summed E-state index contributed by atoms with van der Waals surface area (Å²) in [6.07, 6.45) is 1.33. The van der Waals surface area contributed by atoms with E-state index in [4.69, 9.17) is 19.2 Å². The minimum Gasteiger partial charge on any atom is -0.470 e. The summed E-state index contributed by atoms with van der Waals surface area (Å²) in [6.45, 7) is 13.9. The number of likely N-dealkylation sites (tertiary alicyclic amines) is 1. The number of nitrogens with zero attached hydrogens (tertiary/aromatic N) is 5. The second kappa shape index (κ2) is 16.8. The topological polar surface area (TPSA) is 189 Å². The zero-order chi connectivity index (χ0) is 45.1. The second-order valence-corrected chi connectivity index (χ2v) is 23.4. The third kappa shape index (κ3) is 8.27. The van der Waals surface area contributed by atoms with Crippen LogP contribution in [0.15, 0.2) is 54.9 Å². The molecule has 5 aromatic rings. The molecule has 3 aliphatic rings. The fourth-order valence-corrected chi connectivity index (χ4v) is 12.2. The van der Waals surface area contributed by atoms with Crippen molar-refractivity contribution in [2.24, 2.45) is 11.8 Å². The van der Waals surface area contributed by atoms with Crippen molar-refractivity contribution in [2.45, 2.75) is 96.7 Å². The molecule has 63 heavy (non-hydrogen) atoms. The molecule has 0 radical (unpaired) electrons. The highest BCUT2D eigenvalue weighted by Crippen LogP contribution is 2.45. The molecule has 0 aliphatic carbocycles. The van der Waals surface area contributed by atoms with Crippen molar-refractivity contribution in [3.05, 3.63) is 66.5 Å². The number of halogens is 1. The van der Waals surface area contributed by atoms with E-state index in [-0.39, 0.29) is 48.9 Å². The average Bonchev–Trinajstić information content (AvgIpc) is 4.10. The lowest BCUT2D eigenvalue weighted by atomic mass is 10.0. The molecule has 8 rings (SSSR count). The highest BCUT2D eigenvalue weighted by Gasteiger charge is 2.46. The van der Waals surface area contributed by atoms with Crippen LogP contribution in [-0.4, -0.2) is 112 Å². The number of hydrogen-bond acceptors (Lipinski definition) is 9. The Bertz CT molecular complexity index is 2570. The maximum Gasteiger partial charge on any atom is 0.407 e. The number of aromatic nitrogens is 5. The number of alkyl halides is 1. The molecule has 0 spiro atoms. The Morgan fingerprint density at radius 3 is 2.00 bits per heavy atom. The van der Waals surface area contributed by atoms with E-state index in [1.807, 2.05) is 69.9 Å². The van der Waals surface area contributed by atoms with Crippen LogP contribution in [0.4, 0.5) is 14.0 Å². The first-order valence-corrected chi connectivity index (χ1v) is 24.9. The number of aromatic amines is 2. The molecule has 4 amide bonds. The molecule has 2 unspecified atom stereocenters. The fraction of sp³-hybridized carbons (Fsp3) is 0.467. The van der Waals surface area contributed by atoms with Crippen LogP contribution in [0.2, 0.25) is 19.1 Å². The monoisotopic (exact) mass is 881 g/mol. The average molecular weight is 882 g/mol. The van der Waals surface area contributed by atoms with Gasteiger partial charge in [0.25, 0.3) is 0 Å². The van der Waals surface area contributed by atoms with Crippen LogP contribution in [0.25, 0.3) is 44.7 Å². The van der Waals surface area contributed by atoms with Gasteiger partial charge in [-0.05, 0) is 55.1 Å². The van der Waals surface area contributed by atoms with E-state index in [1.54, 1.807) is 12.4 Å². The van der Waals surface area contributed by atoms with Crippen molar-refractivity contribution >= 4 is 43.0 Å². The van der Waals surface area contributed by atoms with Gasteiger partial charge in [-0.15, -0.1) is 0 Å². The lowest BCUT2D eigenvalue weighted by molar-refractivity contribution is -0.136. The molecule has 4 N–H and O–H groups in total. The smallest absolute Gasteiger partial charge is 0.407 e. The molecule has 18 heteroatoms. The third-order valence-electron chi connectivity index (χ3n) is 12.5. The predicted octanol–water partition coefficient (Wildman–Crippen LogP) is 7.50. The zero-order valence-electron chi connectivity index (χ0n) is 37.1. The minimum atomic E-state index is -1.80. The molecular weight excluding hydrogens is 826 g/mol. The van der Waals surface area contributed by atoms with Crippen molar-refractivity contribution in [3.63, 3.8) is 0 Å². The van der Waals surface area contributed by atoms with Gasteiger partial charge in [0.05, 0.1) is 75.9 Å². The molecular formula is C45H56FN9O7Si. The van der Waals surface area contributed by atoms with Gasteiger partial charge in [-0.1, -0.05) is 52.9 Å². The van der Waals surface area contributed by atoms with E-state index in [1.165, 1.54) is 19.1 Å². The molecule has 3 aromatic heterocycles. The number of H-pyrrole nitrogens is 2. The van der Waals surface area contributed by atoms with Crippen LogP contribution in [-0.2, 0) is 19.1 Å². The van der Waals surface area contributed by atoms with E-state index in [9.17, 15) is 23.6 Å². The van der Waals surface area contributed by atoms with Crippen LogP contribution < -0.4 is 15.4 Å². The summed E-state index contributed by atoms with van der Waals surface area (Å²) in [5.74, 6) is 0.990. The number of rotatable bonds is 10. The van der Waals surface area contributed by atoms with Gasteiger partial charge in [0.2, 0.25) is 11.8 Å². The number of fused-ring (bicyclic) bond motifs is 5. The number of benzene rings is 2. The second-order valence-electron chi connectivity index (χ2n) is 18.4. The van der Waals surface area contributed by atoms with E-state index in [0.29, 0.717) is 17.8 Å². The zero-order valence-corrected chi connectivity index (χ0v) is 38.1. The molecule has 16 nitrogen and oxygen atoms in total. The Hall–Kier alpha value is -6.17. The normalized spacial score (nSPS) is 21.2. The SMILES string of the molecule is COC(=O)N[C@H](C(=O)N1CC(F)C[C@H]1c1ncc(-c2ccc3c(c2)cc2n3C(C)Oc3cc(-c4cnc([C@@H]5C[Si](C)(C)CN5C(=O)[C@@H](NC(=O)OC)C(C)C)[nH]4)ccc3-2)[nH]1)C(C)C. The lowest BCUT2D eigenvalue weighted by Crippen LogP contribution is -2.52. The number of alkyl carbamates (subject to hydrolysis) is 2. The summed E-state index contributed by atoms with van der Waals surface area (Å²) in [6, 6.07) is 12.7. The molecule has 6 atom stereocenters. The van der Waals surface area contributed by atoms with Crippen LogP contribution in [0, 0.1) is 11.8 Å². The number of amides is 4. The largest absolute Gasteiger partial charge is 0.470 e. The summed E-state index contributed by atoms with van der Waals surface area (Å²) in [4.78, 5) is 71.5. The number of carbonyl (C=O) groups is 4. The van der Waals surface area contributed by atoms with E-state index < -0.39 is 44.6 Å². The van der Waals surface area contributed by atoms with Crippen molar-refractivity contribution in [1.82, 2.24) is 44.9 Å². The summed E-state index contributed by atoms with van der Waals surface area (Å²) in [5, 5.41) is 6.33. The quantitative estimate of drug-likeness (QED) is 0.103. The minimum absolute atomic E-state index is 0.0872. The van der Waals surface area contributed by atoms with Crippen LogP contribution in [0.1, 0.15) is 71.0 Å². The number of imidazole rings is 2. The number of ether oxygens (including phenoxy) is 3. The van der Waals surface area contributed by atoms with Gasteiger partial charge in [0, 0.05) is 34.7 Å². The maximum atomic E-state index is 14.9. The molecule has 0 bridgehead atoms. The van der Waals surface area contributed by atoms with Crippen LogP contribution >= 0.6 is 0 Å². The van der Waals surface area contributed by atoms with Crippen LogP contribution in [0.5, 0.6) is 5.75 Å². The van der Waals surface area contributed by atoms with Crippen molar-refractivity contribution in [1.29, 1.82) is 0 Å². The first kappa shape index (κ1) is 43.5. The summed E-state index contributed by atoms with van der Waals surface area (Å²) < 4.78 is 33.2. The summed E-state index contributed by atoms with van der Waals surface area (Å²) >= 11 is 0. The molecule has 2 saturated heterocycles. The number of carbonyl (C=O) groups excluding carboxylic acids is 4. The van der Waals surface area contributed by atoms with E-state index in [2.05, 4.69) is 55.4 Å². The first-order chi connectivity index (χ1) is 30.0. The van der Waals surface area contributed by atoms with Gasteiger partial charge >= 0.3 is 12.2 Å². The lowest BCUT2D eigenvalue weighted by Gasteiger charge is -2.30. The van der Waals surface area contributed by atoms with Crippen LogP contribution in [0.3, 0.4) is 0 Å². The standard InChI is InChI=1S/C45H56FN9O7Si/c1-23(2)38(51-44(58)60-6)42(56)53-20-29(46)17-35(53)40-47-18-31(49-40)26-11-13-33-28(14-26)15-34-30-12-10-27(16-37(30)62-25(5)55(33)34)32-19-48-41(50-32)36-21-63(8,9)22-54(36)43(57)39(24(3)4)52-45(59)61-7/h10-16,18-19,23-25,29,35-36,38-39H,17,20-22H2,1-9H3,(H,47,49)(H,48,50)(H,51,58)(H,52,59)/t25?,29?,35-,36-,38-,39-/m0/s1. The third-order valence-corrected chi connectivity index (χ3v) is 15.2. The number of nitrogens with one attached hydrogen (secondary N) is 4. The Morgan fingerprint density at radius 1 is 0.825 bits per heavy atom. The summed E-state index contributed by atoms with van der Waals surface area (Å²) in [7, 11) is 0.725. The number of methoxy groups -OCH3 is 2. The molecule has 334 valence electrons. The Morgan fingerprint density at radius 2 is 1.40 bits per heavy atom. The summed E-state index contributed by atoms with van der Waals surface area (Å²) in [5.41, 5.74) is 6.21. The molecule has 0 saturated carbocycles. The first-order valence-electron chi connectivity index (χ1n) is 21.5. The van der Waals surface area contributed by atoms with Crippen molar-refractivity contribution < 1.29 is 37.8 Å². The van der Waals surface area contributed by atoms with Crippen molar-refractivity contribution in [2.75, 3.05) is 26.9 Å². The van der Waals surface area contributed by atoms with Gasteiger partial charge in [0.15, 0.2) is 6.23 Å². The Balaban J connectivity index is 1.03. The van der Waals surface area contributed by atoms with Crippen molar-refractivity contribution in [3.8, 4) is 39.5 Å². The fourth-order valence-electron chi connectivity index (χ4n) is 9.33. The van der Waals surface area contributed by atoms with Gasteiger partial charge in [0.1, 0.15) is 35.7 Å². The van der Waals surface area contributed by atoms with Gasteiger partial charge in [-0.25, -0.2) is 23.9 Å². The van der Waals surface area contributed by atoms with Gasteiger partial charge in [-0.2, -0.15) is 0 Å². The molecule has 6 heterocycles.